The second kappa shape index (κ2) is 4.76. The fraction of sp³-hybridized carbons (Fsp3) is 0.333. The number of aryl methyl sites for hydroxylation is 1. The molecule has 2 aromatic rings. The van der Waals surface area contributed by atoms with E-state index in [1.807, 2.05) is 12.1 Å². The largest absolute Gasteiger partial charge is 0.469 e. The highest BCUT2D eigenvalue weighted by Gasteiger charge is 2.36. The molecule has 0 fully saturated rings. The van der Waals surface area contributed by atoms with Gasteiger partial charge < -0.3 is 9.52 Å². The number of aliphatic hydroxyl groups is 1. The molecule has 19 heavy (non-hydrogen) atoms. The maximum Gasteiger partial charge on any atom is 0.137 e. The molecule has 0 aliphatic heterocycles. The van der Waals surface area contributed by atoms with Crippen LogP contribution in [0.15, 0.2) is 39.4 Å². The molecule has 0 amide bonds. The minimum Gasteiger partial charge on any atom is -0.469 e. The number of rotatable bonds is 2. The van der Waals surface area contributed by atoms with Crippen LogP contribution in [0.3, 0.4) is 0 Å². The third-order valence-corrected chi connectivity index (χ3v) is 4.64. The number of furan rings is 1. The molecule has 0 radical (unpaired) electrons. The Bertz CT molecular complexity index is 608. The van der Waals surface area contributed by atoms with E-state index in [0.717, 1.165) is 29.7 Å². The number of hydrogen-bond donors (Lipinski definition) is 1. The molecule has 0 saturated carbocycles. The minimum atomic E-state index is -0.961. The first kappa shape index (κ1) is 12.9. The molecule has 1 N–H and O–H groups in total. The normalized spacial score (nSPS) is 22.3. The standard InChI is InChI=1S/C15H14BrFO2/c16-14-10(3-1-4-12(14)17)9-15(18)7-2-5-13-11(15)6-8-19-13/h1,3-4,6,8,18H,2,5,7,9H2. The maximum absolute atomic E-state index is 13.5. The molecule has 100 valence electrons. The van der Waals surface area contributed by atoms with Crippen LogP contribution >= 0.6 is 15.9 Å². The summed E-state index contributed by atoms with van der Waals surface area (Å²) in [4.78, 5) is 0. The quantitative estimate of drug-likeness (QED) is 0.907. The predicted octanol–water partition coefficient (Wildman–Crippen LogP) is 3.95. The molecule has 1 unspecified atom stereocenters. The number of halogens is 2. The van der Waals surface area contributed by atoms with Gasteiger partial charge in [-0.1, -0.05) is 12.1 Å². The molecule has 1 heterocycles. The Labute approximate surface area is 119 Å². The SMILES string of the molecule is OC1(Cc2cccc(F)c2Br)CCCc2occc21. The van der Waals surface area contributed by atoms with Gasteiger partial charge in [-0.2, -0.15) is 0 Å². The van der Waals surface area contributed by atoms with E-state index in [2.05, 4.69) is 15.9 Å². The predicted molar refractivity (Wildman–Crippen MR) is 73.3 cm³/mol. The lowest BCUT2D eigenvalue weighted by Crippen LogP contribution is -2.32. The highest BCUT2D eigenvalue weighted by atomic mass is 79.9. The van der Waals surface area contributed by atoms with Crippen molar-refractivity contribution in [2.45, 2.75) is 31.3 Å². The van der Waals surface area contributed by atoms with Crippen LogP contribution in [0, 0.1) is 5.82 Å². The van der Waals surface area contributed by atoms with Crippen molar-refractivity contribution in [2.24, 2.45) is 0 Å². The number of benzene rings is 1. The van der Waals surface area contributed by atoms with Crippen LogP contribution < -0.4 is 0 Å². The van der Waals surface area contributed by atoms with E-state index >= 15 is 0 Å². The first-order valence-corrected chi connectivity index (χ1v) is 7.11. The Morgan fingerprint density at radius 3 is 3.05 bits per heavy atom. The van der Waals surface area contributed by atoms with Crippen molar-refractivity contribution in [3.05, 3.63) is 57.7 Å². The minimum absolute atomic E-state index is 0.302. The third-order valence-electron chi connectivity index (χ3n) is 3.76. The Kier molecular flexibility index (Phi) is 3.23. The lowest BCUT2D eigenvalue weighted by atomic mass is 9.79. The van der Waals surface area contributed by atoms with Crippen molar-refractivity contribution >= 4 is 15.9 Å². The summed E-state index contributed by atoms with van der Waals surface area (Å²) in [6, 6.07) is 6.72. The van der Waals surface area contributed by atoms with Crippen LogP contribution in [-0.4, -0.2) is 5.11 Å². The van der Waals surface area contributed by atoms with Crippen molar-refractivity contribution in [1.29, 1.82) is 0 Å². The van der Waals surface area contributed by atoms with Gasteiger partial charge in [-0.25, -0.2) is 4.39 Å². The highest BCUT2D eigenvalue weighted by molar-refractivity contribution is 9.10. The molecule has 3 rings (SSSR count). The summed E-state index contributed by atoms with van der Waals surface area (Å²) in [7, 11) is 0. The van der Waals surface area contributed by atoms with Gasteiger partial charge in [0.05, 0.1) is 16.3 Å². The Morgan fingerprint density at radius 1 is 1.37 bits per heavy atom. The van der Waals surface area contributed by atoms with Crippen molar-refractivity contribution in [1.82, 2.24) is 0 Å². The lowest BCUT2D eigenvalue weighted by molar-refractivity contribution is 0.0166. The van der Waals surface area contributed by atoms with Gasteiger partial charge in [0.1, 0.15) is 11.6 Å². The van der Waals surface area contributed by atoms with Crippen molar-refractivity contribution < 1.29 is 13.9 Å². The van der Waals surface area contributed by atoms with Crippen LogP contribution in [0.2, 0.25) is 0 Å². The lowest BCUT2D eigenvalue weighted by Gasteiger charge is -2.32. The molecule has 4 heteroatoms. The smallest absolute Gasteiger partial charge is 0.137 e. The average Bonchev–Trinajstić information content (AvgIpc) is 2.85. The van der Waals surface area contributed by atoms with Crippen LogP contribution in [-0.2, 0) is 18.4 Å². The van der Waals surface area contributed by atoms with Crippen molar-refractivity contribution in [3.63, 3.8) is 0 Å². The van der Waals surface area contributed by atoms with E-state index in [4.69, 9.17) is 4.42 Å². The summed E-state index contributed by atoms with van der Waals surface area (Å²) < 4.78 is 19.4. The summed E-state index contributed by atoms with van der Waals surface area (Å²) in [6.07, 6.45) is 4.40. The molecular formula is C15H14BrFO2. The van der Waals surface area contributed by atoms with E-state index in [1.54, 1.807) is 12.3 Å². The molecule has 1 atom stereocenters. The van der Waals surface area contributed by atoms with Crippen molar-refractivity contribution in [2.75, 3.05) is 0 Å². The average molecular weight is 325 g/mol. The number of fused-ring (bicyclic) bond motifs is 1. The summed E-state index contributed by atoms with van der Waals surface area (Å²) >= 11 is 3.25. The van der Waals surface area contributed by atoms with Crippen LogP contribution in [0.25, 0.3) is 0 Å². The van der Waals surface area contributed by atoms with E-state index in [-0.39, 0.29) is 5.82 Å². The summed E-state index contributed by atoms with van der Waals surface area (Å²) in [6.45, 7) is 0. The summed E-state index contributed by atoms with van der Waals surface area (Å²) in [5.41, 5.74) is 0.656. The zero-order valence-electron chi connectivity index (χ0n) is 10.3. The first-order chi connectivity index (χ1) is 9.10. The molecule has 0 saturated heterocycles. The van der Waals surface area contributed by atoms with E-state index in [1.165, 1.54) is 6.07 Å². The second-order valence-electron chi connectivity index (χ2n) is 5.03. The van der Waals surface area contributed by atoms with E-state index in [0.29, 0.717) is 17.3 Å². The van der Waals surface area contributed by atoms with Gasteiger partial charge in [-0.15, -0.1) is 0 Å². The molecule has 0 spiro atoms. The Hall–Kier alpha value is -1.13. The van der Waals surface area contributed by atoms with Crippen LogP contribution in [0.4, 0.5) is 4.39 Å². The Balaban J connectivity index is 1.98. The van der Waals surface area contributed by atoms with E-state index in [9.17, 15) is 9.50 Å². The maximum atomic E-state index is 13.5. The van der Waals surface area contributed by atoms with Crippen LogP contribution in [0.5, 0.6) is 0 Å². The van der Waals surface area contributed by atoms with Gasteiger partial charge in [0.15, 0.2) is 0 Å². The summed E-state index contributed by atoms with van der Waals surface area (Å²) in [5.74, 6) is 0.547. The molecule has 1 aromatic heterocycles. The highest BCUT2D eigenvalue weighted by Crippen LogP contribution is 2.39. The van der Waals surface area contributed by atoms with Gasteiger partial charge in [-0.05, 0) is 46.5 Å². The van der Waals surface area contributed by atoms with Gasteiger partial charge in [0.2, 0.25) is 0 Å². The molecule has 1 aliphatic carbocycles. The second-order valence-corrected chi connectivity index (χ2v) is 5.83. The number of hydrogen-bond acceptors (Lipinski definition) is 2. The first-order valence-electron chi connectivity index (χ1n) is 6.32. The summed E-state index contributed by atoms with van der Waals surface area (Å²) in [5, 5.41) is 10.9. The van der Waals surface area contributed by atoms with Gasteiger partial charge in [0.25, 0.3) is 0 Å². The fourth-order valence-electron chi connectivity index (χ4n) is 2.81. The molecule has 1 aliphatic rings. The van der Waals surface area contributed by atoms with Gasteiger partial charge >= 0.3 is 0 Å². The monoisotopic (exact) mass is 324 g/mol. The zero-order chi connectivity index (χ0) is 13.5. The zero-order valence-corrected chi connectivity index (χ0v) is 11.9. The van der Waals surface area contributed by atoms with Gasteiger partial charge in [-0.3, -0.25) is 0 Å². The fourth-order valence-corrected chi connectivity index (χ4v) is 3.21. The molecule has 0 bridgehead atoms. The van der Waals surface area contributed by atoms with E-state index < -0.39 is 5.60 Å². The molecular weight excluding hydrogens is 311 g/mol. The third kappa shape index (κ3) is 2.23. The molecule has 1 aromatic carbocycles. The van der Waals surface area contributed by atoms with Gasteiger partial charge in [0, 0.05) is 18.4 Å². The van der Waals surface area contributed by atoms with Crippen molar-refractivity contribution in [3.8, 4) is 0 Å². The molecule has 2 nitrogen and oxygen atoms in total. The van der Waals surface area contributed by atoms with Crippen LogP contribution in [0.1, 0.15) is 29.7 Å². The Morgan fingerprint density at radius 2 is 2.21 bits per heavy atom. The topological polar surface area (TPSA) is 33.4 Å².